The van der Waals surface area contributed by atoms with Crippen LogP contribution < -0.4 is 5.32 Å². The van der Waals surface area contributed by atoms with Crippen LogP contribution in [0.25, 0.3) is 0 Å². The van der Waals surface area contributed by atoms with Gasteiger partial charge in [0.1, 0.15) is 5.60 Å². The molecule has 5 nitrogen and oxygen atoms in total. The lowest BCUT2D eigenvalue weighted by Gasteiger charge is -2.19. The van der Waals surface area contributed by atoms with E-state index in [2.05, 4.69) is 19.2 Å². The summed E-state index contributed by atoms with van der Waals surface area (Å²) in [5.41, 5.74) is -0.484. The number of hydrogen-bond acceptors (Lipinski definition) is 4. The molecule has 0 saturated carbocycles. The third-order valence-corrected chi connectivity index (χ3v) is 5.13. The van der Waals surface area contributed by atoms with Gasteiger partial charge in [-0.3, -0.25) is 4.79 Å². The van der Waals surface area contributed by atoms with Crippen LogP contribution in [0.2, 0.25) is 0 Å². The number of unbranched alkanes of at least 4 members (excludes halogenated alkanes) is 9. The minimum Gasteiger partial charge on any atom is -0.465 e. The molecule has 0 radical (unpaired) electrons. The summed E-state index contributed by atoms with van der Waals surface area (Å²) in [5.74, 6) is 0.0214. The number of ether oxygens (including phenoxy) is 2. The fourth-order valence-electron chi connectivity index (χ4n) is 3.39. The number of carbonyl (C=O) groups excluding carboxylic acids is 2. The summed E-state index contributed by atoms with van der Waals surface area (Å²) in [4.78, 5) is 24.2. The van der Waals surface area contributed by atoms with Gasteiger partial charge in [-0.2, -0.15) is 0 Å². The summed E-state index contributed by atoms with van der Waals surface area (Å²) < 4.78 is 10.8. The lowest BCUT2D eigenvalue weighted by atomic mass is 9.94. The van der Waals surface area contributed by atoms with Crippen molar-refractivity contribution in [2.75, 3.05) is 13.2 Å². The molecule has 178 valence electrons. The fraction of sp³-hybridized carbons (Fsp3) is 0.920. The van der Waals surface area contributed by atoms with E-state index >= 15 is 0 Å². The second kappa shape index (κ2) is 18.5. The maximum atomic E-state index is 12.6. The third-order valence-electron chi connectivity index (χ3n) is 5.13. The van der Waals surface area contributed by atoms with Crippen LogP contribution >= 0.6 is 0 Å². The van der Waals surface area contributed by atoms with Crippen LogP contribution in [0.4, 0.5) is 4.79 Å². The van der Waals surface area contributed by atoms with Crippen molar-refractivity contribution in [2.45, 2.75) is 130 Å². The van der Waals surface area contributed by atoms with E-state index in [4.69, 9.17) is 9.47 Å². The average Bonchev–Trinajstić information content (AvgIpc) is 2.67. The molecule has 1 unspecified atom stereocenters. The molecule has 0 saturated heterocycles. The molecular formula is C25H49NO4. The molecular weight excluding hydrogens is 378 g/mol. The molecule has 0 aliphatic heterocycles. The molecule has 1 N–H and O–H groups in total. The molecule has 0 aromatic rings. The normalized spacial score (nSPS) is 12.4. The lowest BCUT2D eigenvalue weighted by Crippen LogP contribution is -2.33. The van der Waals surface area contributed by atoms with Crippen molar-refractivity contribution in [3.63, 3.8) is 0 Å². The van der Waals surface area contributed by atoms with Crippen molar-refractivity contribution < 1.29 is 19.1 Å². The predicted molar refractivity (Wildman–Crippen MR) is 125 cm³/mol. The molecule has 0 spiro atoms. The Morgan fingerprint density at radius 2 is 1.30 bits per heavy atom. The molecule has 0 aliphatic rings. The number of carbonyl (C=O) groups is 2. The Bertz CT molecular complexity index is 431. The van der Waals surface area contributed by atoms with Gasteiger partial charge in [-0.25, -0.2) is 4.79 Å². The topological polar surface area (TPSA) is 64.6 Å². The second-order valence-electron chi connectivity index (χ2n) is 9.41. The summed E-state index contributed by atoms with van der Waals surface area (Å²) in [6, 6.07) is 0. The lowest BCUT2D eigenvalue weighted by molar-refractivity contribution is -0.149. The zero-order valence-corrected chi connectivity index (χ0v) is 20.5. The third kappa shape index (κ3) is 18.7. The number of amides is 1. The Balaban J connectivity index is 4.06. The minimum atomic E-state index is -0.484. The maximum absolute atomic E-state index is 12.6. The minimum absolute atomic E-state index is 0.0276. The molecule has 0 aromatic heterocycles. The van der Waals surface area contributed by atoms with Gasteiger partial charge in [0.15, 0.2) is 0 Å². The van der Waals surface area contributed by atoms with Gasteiger partial charge in [-0.15, -0.1) is 0 Å². The fourth-order valence-corrected chi connectivity index (χ4v) is 3.39. The maximum Gasteiger partial charge on any atom is 0.407 e. The number of alkyl carbamates (subject to hydrolysis) is 1. The van der Waals surface area contributed by atoms with Crippen LogP contribution in [0.15, 0.2) is 0 Å². The zero-order chi connectivity index (χ0) is 22.7. The monoisotopic (exact) mass is 427 g/mol. The number of rotatable bonds is 18. The van der Waals surface area contributed by atoms with Crippen molar-refractivity contribution in [2.24, 2.45) is 5.92 Å². The first-order valence-corrected chi connectivity index (χ1v) is 12.4. The van der Waals surface area contributed by atoms with E-state index in [0.717, 1.165) is 38.5 Å². The molecule has 1 atom stereocenters. The van der Waals surface area contributed by atoms with Gasteiger partial charge >= 0.3 is 12.1 Å². The molecule has 0 aliphatic carbocycles. The largest absolute Gasteiger partial charge is 0.465 e. The highest BCUT2D eigenvalue weighted by Crippen LogP contribution is 2.20. The Labute approximate surface area is 186 Å². The van der Waals surface area contributed by atoms with Crippen LogP contribution in [-0.4, -0.2) is 30.8 Å². The first-order chi connectivity index (χ1) is 14.3. The molecule has 0 aromatic carbocycles. The first-order valence-electron chi connectivity index (χ1n) is 12.4. The highest BCUT2D eigenvalue weighted by molar-refractivity contribution is 5.72. The molecule has 5 heteroatoms. The smallest absolute Gasteiger partial charge is 0.407 e. The molecule has 1 amide bonds. The van der Waals surface area contributed by atoms with Gasteiger partial charge in [-0.1, -0.05) is 78.1 Å². The number of esters is 1. The Morgan fingerprint density at radius 3 is 1.87 bits per heavy atom. The average molecular weight is 428 g/mol. The Hall–Kier alpha value is -1.26. The van der Waals surface area contributed by atoms with Crippen molar-refractivity contribution >= 4 is 12.1 Å². The van der Waals surface area contributed by atoms with Gasteiger partial charge in [0, 0.05) is 6.54 Å². The molecule has 0 fully saturated rings. The van der Waals surface area contributed by atoms with Gasteiger partial charge in [0.2, 0.25) is 0 Å². The van der Waals surface area contributed by atoms with E-state index in [9.17, 15) is 9.59 Å². The van der Waals surface area contributed by atoms with E-state index < -0.39 is 11.7 Å². The first kappa shape index (κ1) is 28.7. The standard InChI is InChI=1S/C25H49NO4/c1-6-8-10-12-13-15-19-22(18-14-11-9-7-2)23(27)29-21-17-16-20-26-24(28)30-25(3,4)5/h22H,6-21H2,1-5H3,(H,26,28). The molecule has 30 heavy (non-hydrogen) atoms. The van der Waals surface area contributed by atoms with Gasteiger partial charge in [0.25, 0.3) is 0 Å². The van der Waals surface area contributed by atoms with E-state index in [-0.39, 0.29) is 11.9 Å². The van der Waals surface area contributed by atoms with E-state index in [0.29, 0.717) is 13.2 Å². The molecule has 0 rings (SSSR count). The van der Waals surface area contributed by atoms with E-state index in [1.54, 1.807) is 0 Å². The molecule has 0 bridgehead atoms. The van der Waals surface area contributed by atoms with Crippen molar-refractivity contribution in [1.29, 1.82) is 0 Å². The Kier molecular flexibility index (Phi) is 17.7. The summed E-state index contributed by atoms with van der Waals surface area (Å²) in [5, 5.41) is 2.74. The van der Waals surface area contributed by atoms with Gasteiger partial charge in [0.05, 0.1) is 12.5 Å². The van der Waals surface area contributed by atoms with Crippen LogP contribution in [0.5, 0.6) is 0 Å². The van der Waals surface area contributed by atoms with E-state index in [1.807, 2.05) is 20.8 Å². The van der Waals surface area contributed by atoms with Crippen LogP contribution in [0.3, 0.4) is 0 Å². The molecule has 0 heterocycles. The predicted octanol–water partition coefficient (Wildman–Crippen LogP) is 7.17. The van der Waals surface area contributed by atoms with Crippen molar-refractivity contribution in [3.05, 3.63) is 0 Å². The zero-order valence-electron chi connectivity index (χ0n) is 20.5. The van der Waals surface area contributed by atoms with Crippen LogP contribution in [0, 0.1) is 5.92 Å². The summed E-state index contributed by atoms with van der Waals surface area (Å²) in [7, 11) is 0. The second-order valence-corrected chi connectivity index (χ2v) is 9.41. The quantitative estimate of drug-likeness (QED) is 0.186. The van der Waals surface area contributed by atoms with Crippen LogP contribution in [0.1, 0.15) is 125 Å². The van der Waals surface area contributed by atoms with Gasteiger partial charge < -0.3 is 14.8 Å². The van der Waals surface area contributed by atoms with Crippen molar-refractivity contribution in [1.82, 2.24) is 5.32 Å². The van der Waals surface area contributed by atoms with Crippen LogP contribution in [-0.2, 0) is 14.3 Å². The summed E-state index contributed by atoms with van der Waals surface area (Å²) in [6.07, 6.45) is 15.3. The number of hydrogen-bond donors (Lipinski definition) is 1. The Morgan fingerprint density at radius 1 is 0.767 bits per heavy atom. The van der Waals surface area contributed by atoms with Crippen molar-refractivity contribution in [3.8, 4) is 0 Å². The van der Waals surface area contributed by atoms with E-state index in [1.165, 1.54) is 51.4 Å². The highest BCUT2D eigenvalue weighted by atomic mass is 16.6. The number of nitrogens with one attached hydrogen (secondary N) is 1. The highest BCUT2D eigenvalue weighted by Gasteiger charge is 2.19. The SMILES string of the molecule is CCCCCCCCC(CCCCCC)C(=O)OCCCCNC(=O)OC(C)(C)C. The summed E-state index contributed by atoms with van der Waals surface area (Å²) in [6.45, 7) is 10.9. The summed E-state index contributed by atoms with van der Waals surface area (Å²) >= 11 is 0. The van der Waals surface area contributed by atoms with Gasteiger partial charge in [-0.05, 0) is 46.5 Å².